The predicted molar refractivity (Wildman–Crippen MR) is 119 cm³/mol. The number of hydrogen-bond donors (Lipinski definition) is 0. The van der Waals surface area contributed by atoms with E-state index in [1.165, 1.54) is 10.4 Å². The van der Waals surface area contributed by atoms with Gasteiger partial charge >= 0.3 is 5.97 Å². The van der Waals surface area contributed by atoms with Gasteiger partial charge in [-0.3, -0.25) is 9.59 Å². The third-order valence-corrected chi connectivity index (χ3v) is 8.25. The normalized spacial score (nSPS) is 29.5. The number of rotatable bonds is 8. The molecule has 168 valence electrons. The van der Waals surface area contributed by atoms with Gasteiger partial charge in [-0.1, -0.05) is 0 Å². The average Bonchev–Trinajstić information content (AvgIpc) is 3.19. The lowest BCUT2D eigenvalue weighted by Gasteiger charge is -2.36. The van der Waals surface area contributed by atoms with Crippen molar-refractivity contribution in [2.45, 2.75) is 87.7 Å². The number of carbonyl (C=O) groups excluding carboxylic acids is 2. The fourth-order valence-corrected chi connectivity index (χ4v) is 6.45. The van der Waals surface area contributed by atoms with Crippen LogP contribution in [0.4, 0.5) is 0 Å². The second kappa shape index (κ2) is 11.1. The van der Waals surface area contributed by atoms with Gasteiger partial charge < -0.3 is 14.2 Å². The van der Waals surface area contributed by atoms with Crippen LogP contribution in [0.25, 0.3) is 0 Å². The lowest BCUT2D eigenvalue weighted by Crippen LogP contribution is -2.33. The minimum atomic E-state index is -0.461. The molecule has 2 saturated carbocycles. The number of ketones is 1. The standard InChI is InChI=1S/C23H33ClO5S/c1-4-29-22(26)13-19(25)21-12-18(14-5-7-15(24)8-6-14)23(30-21)17-10-9-16(27-2)11-20(17)28-3/h12,14-17,20H,4-11,13H2,1-3H3. The van der Waals surface area contributed by atoms with Crippen LogP contribution in [0.1, 0.15) is 90.2 Å². The monoisotopic (exact) mass is 456 g/mol. The average molecular weight is 457 g/mol. The zero-order chi connectivity index (χ0) is 21.7. The first kappa shape index (κ1) is 23.7. The van der Waals surface area contributed by atoms with Gasteiger partial charge in [0, 0.05) is 36.8 Å². The molecule has 7 heteroatoms. The molecule has 0 saturated heterocycles. The van der Waals surface area contributed by atoms with Crippen molar-refractivity contribution in [3.05, 3.63) is 21.4 Å². The molecule has 5 nitrogen and oxygen atoms in total. The quantitative estimate of drug-likeness (QED) is 0.225. The van der Waals surface area contributed by atoms with Crippen LogP contribution in [0, 0.1) is 0 Å². The van der Waals surface area contributed by atoms with Crippen molar-refractivity contribution in [1.29, 1.82) is 0 Å². The lowest BCUT2D eigenvalue weighted by molar-refractivity contribution is -0.141. The minimum Gasteiger partial charge on any atom is -0.466 e. The number of thiophene rings is 1. The number of carbonyl (C=O) groups is 2. The Morgan fingerprint density at radius 3 is 2.47 bits per heavy atom. The van der Waals surface area contributed by atoms with Crippen LogP contribution >= 0.6 is 22.9 Å². The summed E-state index contributed by atoms with van der Waals surface area (Å²) < 4.78 is 16.4. The van der Waals surface area contributed by atoms with E-state index in [-0.39, 0.29) is 42.3 Å². The molecule has 0 spiro atoms. The van der Waals surface area contributed by atoms with E-state index in [0.29, 0.717) is 10.8 Å². The van der Waals surface area contributed by atoms with Gasteiger partial charge in [-0.2, -0.15) is 0 Å². The Morgan fingerprint density at radius 1 is 1.10 bits per heavy atom. The van der Waals surface area contributed by atoms with E-state index in [1.54, 1.807) is 32.5 Å². The molecule has 0 bridgehead atoms. The number of Topliss-reactive ketones (excluding diaryl/α,β-unsaturated/α-hetero) is 1. The van der Waals surface area contributed by atoms with Gasteiger partial charge in [-0.25, -0.2) is 0 Å². The first-order valence-corrected chi connectivity index (χ1v) is 12.2. The highest BCUT2D eigenvalue weighted by atomic mass is 35.5. The minimum absolute atomic E-state index is 0.0680. The van der Waals surface area contributed by atoms with E-state index in [2.05, 4.69) is 0 Å². The van der Waals surface area contributed by atoms with Crippen LogP contribution in [0.3, 0.4) is 0 Å². The van der Waals surface area contributed by atoms with Crippen LogP contribution in [0.15, 0.2) is 6.07 Å². The summed E-state index contributed by atoms with van der Waals surface area (Å²) in [6.07, 6.45) is 6.96. The fraction of sp³-hybridized carbons (Fsp3) is 0.739. The Morgan fingerprint density at radius 2 is 1.83 bits per heavy atom. The van der Waals surface area contributed by atoms with Gasteiger partial charge in [0.25, 0.3) is 0 Å². The smallest absolute Gasteiger partial charge is 0.313 e. The van der Waals surface area contributed by atoms with E-state index in [0.717, 1.165) is 44.9 Å². The van der Waals surface area contributed by atoms with E-state index < -0.39 is 5.97 Å². The van der Waals surface area contributed by atoms with Crippen LogP contribution < -0.4 is 0 Å². The van der Waals surface area contributed by atoms with Gasteiger partial charge in [-0.15, -0.1) is 22.9 Å². The summed E-state index contributed by atoms with van der Waals surface area (Å²) in [5.41, 5.74) is 1.26. The van der Waals surface area contributed by atoms with Crippen LogP contribution in [-0.2, 0) is 19.0 Å². The van der Waals surface area contributed by atoms with E-state index >= 15 is 0 Å². The Kier molecular flexibility index (Phi) is 8.75. The molecule has 0 N–H and O–H groups in total. The number of alkyl halides is 1. The highest BCUT2D eigenvalue weighted by Gasteiger charge is 2.36. The molecular weight excluding hydrogens is 424 g/mol. The summed E-state index contributed by atoms with van der Waals surface area (Å²) in [6, 6.07) is 2.04. The SMILES string of the molecule is CCOC(=O)CC(=O)c1cc(C2CCC(Cl)CC2)c(C2CCC(OC)CC2OC)s1. The van der Waals surface area contributed by atoms with Crippen molar-refractivity contribution < 1.29 is 23.8 Å². The molecular formula is C23H33ClO5S. The Labute approximate surface area is 188 Å². The van der Waals surface area contributed by atoms with E-state index in [4.69, 9.17) is 25.8 Å². The molecule has 3 rings (SSSR count). The summed E-state index contributed by atoms with van der Waals surface area (Å²) in [5.74, 6) is 0.0425. The van der Waals surface area contributed by atoms with Gasteiger partial charge in [-0.05, 0) is 63.0 Å². The van der Waals surface area contributed by atoms with Crippen LogP contribution in [0.2, 0.25) is 0 Å². The molecule has 0 aromatic carbocycles. The van der Waals surface area contributed by atoms with Crippen molar-refractivity contribution in [2.24, 2.45) is 0 Å². The second-order valence-corrected chi connectivity index (χ2v) is 10.0. The van der Waals surface area contributed by atoms with Crippen molar-refractivity contribution in [3.8, 4) is 0 Å². The molecule has 2 aliphatic rings. The molecule has 1 heterocycles. The summed E-state index contributed by atoms with van der Waals surface area (Å²) in [6.45, 7) is 2.03. The fourth-order valence-electron chi connectivity index (χ4n) is 4.83. The maximum absolute atomic E-state index is 12.8. The molecule has 0 radical (unpaired) electrons. The van der Waals surface area contributed by atoms with Gasteiger partial charge in [0.1, 0.15) is 6.42 Å². The third-order valence-electron chi connectivity index (χ3n) is 6.49. The van der Waals surface area contributed by atoms with Crippen molar-refractivity contribution in [3.63, 3.8) is 0 Å². The Hall–Kier alpha value is -0.950. The first-order chi connectivity index (χ1) is 14.5. The number of esters is 1. The van der Waals surface area contributed by atoms with Crippen molar-refractivity contribution >= 4 is 34.7 Å². The predicted octanol–water partition coefficient (Wildman–Crippen LogP) is 5.45. The van der Waals surface area contributed by atoms with Crippen molar-refractivity contribution in [1.82, 2.24) is 0 Å². The highest BCUT2D eigenvalue weighted by molar-refractivity contribution is 7.14. The summed E-state index contributed by atoms with van der Waals surface area (Å²) in [5, 5.41) is 0.247. The number of halogens is 1. The van der Waals surface area contributed by atoms with Crippen LogP contribution in [-0.4, -0.2) is 50.2 Å². The van der Waals surface area contributed by atoms with Crippen LogP contribution in [0.5, 0.6) is 0 Å². The van der Waals surface area contributed by atoms with Gasteiger partial charge in [0.2, 0.25) is 0 Å². The van der Waals surface area contributed by atoms with E-state index in [1.807, 2.05) is 6.07 Å². The molecule has 1 aromatic heterocycles. The zero-order valence-corrected chi connectivity index (χ0v) is 19.7. The number of hydrogen-bond acceptors (Lipinski definition) is 6. The lowest BCUT2D eigenvalue weighted by atomic mass is 9.78. The summed E-state index contributed by atoms with van der Waals surface area (Å²) >= 11 is 7.89. The molecule has 1 aromatic rings. The zero-order valence-electron chi connectivity index (χ0n) is 18.2. The third kappa shape index (κ3) is 5.64. The number of methoxy groups -OCH3 is 2. The molecule has 2 fully saturated rings. The second-order valence-electron chi connectivity index (χ2n) is 8.34. The summed E-state index contributed by atoms with van der Waals surface area (Å²) in [4.78, 5) is 26.5. The molecule has 0 amide bonds. The van der Waals surface area contributed by atoms with Gasteiger partial charge in [0.15, 0.2) is 5.78 Å². The molecule has 0 aliphatic heterocycles. The number of ether oxygens (including phenoxy) is 3. The van der Waals surface area contributed by atoms with E-state index in [9.17, 15) is 9.59 Å². The maximum atomic E-state index is 12.8. The Balaban J connectivity index is 1.88. The molecule has 3 atom stereocenters. The topological polar surface area (TPSA) is 61.8 Å². The Bertz CT molecular complexity index is 725. The molecule has 30 heavy (non-hydrogen) atoms. The first-order valence-electron chi connectivity index (χ1n) is 11.0. The highest BCUT2D eigenvalue weighted by Crippen LogP contribution is 2.46. The molecule has 3 unspecified atom stereocenters. The van der Waals surface area contributed by atoms with Crippen molar-refractivity contribution in [2.75, 3.05) is 20.8 Å². The van der Waals surface area contributed by atoms with Gasteiger partial charge in [0.05, 0.1) is 23.7 Å². The largest absolute Gasteiger partial charge is 0.466 e. The maximum Gasteiger partial charge on any atom is 0.313 e. The summed E-state index contributed by atoms with van der Waals surface area (Å²) in [7, 11) is 3.51. The molecule has 2 aliphatic carbocycles.